The number of hydrogen-bond donors (Lipinski definition) is 0. The van der Waals surface area contributed by atoms with E-state index in [-0.39, 0.29) is 17.0 Å². The number of fused-ring (bicyclic) bond motifs is 1. The average Bonchev–Trinajstić information content (AvgIpc) is 2.77. The van der Waals surface area contributed by atoms with Crippen molar-refractivity contribution in [3.8, 4) is 11.1 Å². The summed E-state index contributed by atoms with van der Waals surface area (Å²) in [6.07, 6.45) is 15.0. The minimum absolute atomic E-state index is 0.106. The first-order valence-corrected chi connectivity index (χ1v) is 12.9. The van der Waals surface area contributed by atoms with E-state index in [1.54, 1.807) is 0 Å². The molecule has 0 aromatic heterocycles. The van der Waals surface area contributed by atoms with Crippen molar-refractivity contribution in [3.05, 3.63) is 59.2 Å². The van der Waals surface area contributed by atoms with E-state index >= 15 is 0 Å². The van der Waals surface area contributed by atoms with Crippen LogP contribution in [0.4, 0.5) is 17.6 Å². The number of halogens is 4. The van der Waals surface area contributed by atoms with Gasteiger partial charge in [0.05, 0.1) is 5.56 Å². The number of hydrogen-bond acceptors (Lipinski definition) is 0. The van der Waals surface area contributed by atoms with E-state index in [1.165, 1.54) is 69.9 Å². The van der Waals surface area contributed by atoms with Crippen LogP contribution in [0.2, 0.25) is 0 Å². The first-order chi connectivity index (χ1) is 15.9. The minimum atomic E-state index is -0.845. The smallest absolute Gasteiger partial charge is 0.134 e. The molecule has 0 nitrogen and oxygen atoms in total. The Bertz CT molecular complexity index is 894. The van der Waals surface area contributed by atoms with E-state index in [2.05, 4.69) is 6.92 Å². The highest BCUT2D eigenvalue weighted by molar-refractivity contribution is 5.65. The molecule has 2 aromatic carbocycles. The Balaban J connectivity index is 1.38. The van der Waals surface area contributed by atoms with Gasteiger partial charge in [-0.25, -0.2) is 17.6 Å². The molecule has 0 heterocycles. The van der Waals surface area contributed by atoms with Crippen LogP contribution >= 0.6 is 0 Å². The van der Waals surface area contributed by atoms with Gasteiger partial charge >= 0.3 is 0 Å². The van der Waals surface area contributed by atoms with Crippen LogP contribution in [-0.4, -0.2) is 0 Å². The fourth-order valence-electron chi connectivity index (χ4n) is 6.39. The van der Waals surface area contributed by atoms with Crippen molar-refractivity contribution in [2.75, 3.05) is 0 Å². The fourth-order valence-corrected chi connectivity index (χ4v) is 6.39. The lowest BCUT2D eigenvalue weighted by Gasteiger charge is -2.42. The standard InChI is InChI=1S/C29H36F4/c1-2-3-4-5-6-7-19-8-9-21-13-22(11-10-20(21)12-19)23-16-27(32)29(28(33)17-23)24-14-25(30)18-26(31)15-24/h14-22H,2-13H2,1H3. The predicted molar refractivity (Wildman–Crippen MR) is 126 cm³/mol. The van der Waals surface area contributed by atoms with Crippen LogP contribution < -0.4 is 0 Å². The van der Waals surface area contributed by atoms with Crippen molar-refractivity contribution in [1.29, 1.82) is 0 Å². The molecule has 0 radical (unpaired) electrons. The Morgan fingerprint density at radius 2 is 1.33 bits per heavy atom. The molecule has 0 aliphatic heterocycles. The summed E-state index contributed by atoms with van der Waals surface area (Å²) in [7, 11) is 0. The van der Waals surface area contributed by atoms with E-state index in [1.807, 2.05) is 0 Å². The predicted octanol–water partition coefficient (Wildman–Crippen LogP) is 9.57. The molecule has 33 heavy (non-hydrogen) atoms. The van der Waals surface area contributed by atoms with Gasteiger partial charge in [0.15, 0.2) is 0 Å². The Hall–Kier alpha value is -1.84. The van der Waals surface area contributed by atoms with Gasteiger partial charge in [-0.05, 0) is 91.2 Å². The fraction of sp³-hybridized carbons (Fsp3) is 0.586. The third-order valence-electron chi connectivity index (χ3n) is 8.12. The molecule has 0 saturated heterocycles. The monoisotopic (exact) mass is 460 g/mol. The molecule has 180 valence electrons. The molecule has 2 fully saturated rings. The highest BCUT2D eigenvalue weighted by Crippen LogP contribution is 2.49. The number of benzene rings is 2. The SMILES string of the molecule is CCCCCCCC1CCC2CC(c3cc(F)c(-c4cc(F)cc(F)c4)c(F)c3)CCC2C1. The maximum atomic E-state index is 14.9. The molecule has 0 bridgehead atoms. The molecule has 2 aromatic rings. The summed E-state index contributed by atoms with van der Waals surface area (Å²) in [6, 6.07) is 5.41. The van der Waals surface area contributed by atoms with Crippen LogP contribution in [0.3, 0.4) is 0 Å². The zero-order valence-corrected chi connectivity index (χ0v) is 19.7. The summed E-state index contributed by atoms with van der Waals surface area (Å²) >= 11 is 0. The van der Waals surface area contributed by atoms with Gasteiger partial charge in [0, 0.05) is 6.07 Å². The van der Waals surface area contributed by atoms with Crippen LogP contribution in [0, 0.1) is 41.0 Å². The van der Waals surface area contributed by atoms with Crippen LogP contribution in [0.25, 0.3) is 11.1 Å². The number of rotatable bonds is 8. The van der Waals surface area contributed by atoms with Crippen LogP contribution in [0.15, 0.2) is 30.3 Å². The van der Waals surface area contributed by atoms with Crippen molar-refractivity contribution in [3.63, 3.8) is 0 Å². The van der Waals surface area contributed by atoms with Crippen molar-refractivity contribution in [1.82, 2.24) is 0 Å². The molecule has 4 heteroatoms. The second-order valence-electron chi connectivity index (χ2n) is 10.4. The van der Waals surface area contributed by atoms with Gasteiger partial charge < -0.3 is 0 Å². The third-order valence-corrected chi connectivity index (χ3v) is 8.12. The first-order valence-electron chi connectivity index (χ1n) is 12.9. The molecular weight excluding hydrogens is 424 g/mol. The maximum Gasteiger partial charge on any atom is 0.134 e. The first kappa shape index (κ1) is 24.3. The Morgan fingerprint density at radius 1 is 0.697 bits per heavy atom. The lowest BCUT2D eigenvalue weighted by molar-refractivity contribution is 0.113. The lowest BCUT2D eigenvalue weighted by Crippen LogP contribution is -2.30. The van der Waals surface area contributed by atoms with E-state index in [0.717, 1.165) is 43.2 Å². The normalized spacial score (nSPS) is 25.1. The van der Waals surface area contributed by atoms with Gasteiger partial charge in [-0.1, -0.05) is 51.9 Å². The van der Waals surface area contributed by atoms with Crippen LogP contribution in [-0.2, 0) is 0 Å². The van der Waals surface area contributed by atoms with E-state index < -0.39 is 23.3 Å². The van der Waals surface area contributed by atoms with Gasteiger partial charge in [-0.15, -0.1) is 0 Å². The van der Waals surface area contributed by atoms with Crippen LogP contribution in [0.5, 0.6) is 0 Å². The quantitative estimate of drug-likeness (QED) is 0.272. The summed E-state index contributed by atoms with van der Waals surface area (Å²) in [5.41, 5.74) is 0.221. The van der Waals surface area contributed by atoms with Gasteiger partial charge in [-0.2, -0.15) is 0 Å². The minimum Gasteiger partial charge on any atom is -0.207 e. The zero-order valence-electron chi connectivity index (χ0n) is 19.7. The summed E-state index contributed by atoms with van der Waals surface area (Å²) in [6.45, 7) is 2.25. The van der Waals surface area contributed by atoms with Crippen molar-refractivity contribution < 1.29 is 17.6 Å². The van der Waals surface area contributed by atoms with Gasteiger partial charge in [0.25, 0.3) is 0 Å². The second kappa shape index (κ2) is 11.1. The maximum absolute atomic E-state index is 14.9. The van der Waals surface area contributed by atoms with E-state index in [9.17, 15) is 17.6 Å². The second-order valence-corrected chi connectivity index (χ2v) is 10.4. The lowest BCUT2D eigenvalue weighted by atomic mass is 9.63. The summed E-state index contributed by atoms with van der Waals surface area (Å²) in [4.78, 5) is 0. The van der Waals surface area contributed by atoms with Crippen molar-refractivity contribution >= 4 is 0 Å². The van der Waals surface area contributed by atoms with Gasteiger partial charge in [-0.3, -0.25) is 0 Å². The molecule has 4 unspecified atom stereocenters. The van der Waals surface area contributed by atoms with E-state index in [4.69, 9.17) is 0 Å². The number of unbranched alkanes of at least 4 members (excludes halogenated alkanes) is 4. The van der Waals surface area contributed by atoms with Gasteiger partial charge in [0.2, 0.25) is 0 Å². The van der Waals surface area contributed by atoms with E-state index in [0.29, 0.717) is 17.5 Å². The molecule has 2 aliphatic rings. The zero-order chi connectivity index (χ0) is 23.4. The molecule has 2 aliphatic carbocycles. The molecule has 0 spiro atoms. The summed E-state index contributed by atoms with van der Waals surface area (Å²) in [5.74, 6) is -0.786. The topological polar surface area (TPSA) is 0 Å². The Kier molecular flexibility index (Phi) is 8.14. The molecular formula is C29H36F4. The molecule has 0 amide bonds. The molecule has 4 atom stereocenters. The molecule has 2 saturated carbocycles. The van der Waals surface area contributed by atoms with Gasteiger partial charge in [0.1, 0.15) is 23.3 Å². The van der Waals surface area contributed by atoms with Crippen molar-refractivity contribution in [2.24, 2.45) is 17.8 Å². The summed E-state index contributed by atoms with van der Waals surface area (Å²) < 4.78 is 57.0. The largest absolute Gasteiger partial charge is 0.207 e. The Morgan fingerprint density at radius 3 is 2.03 bits per heavy atom. The molecule has 4 rings (SSSR count). The molecule has 0 N–H and O–H groups in total. The summed E-state index contributed by atoms with van der Waals surface area (Å²) in [5, 5.41) is 0. The highest BCUT2D eigenvalue weighted by Gasteiger charge is 2.36. The average molecular weight is 461 g/mol. The van der Waals surface area contributed by atoms with Crippen LogP contribution in [0.1, 0.15) is 95.5 Å². The highest BCUT2D eigenvalue weighted by atomic mass is 19.1. The van der Waals surface area contributed by atoms with Crippen molar-refractivity contribution in [2.45, 2.75) is 89.9 Å². The third kappa shape index (κ3) is 6.00. The Labute approximate surface area is 195 Å².